The number of ether oxygens (including phenoxy) is 2. The first-order chi connectivity index (χ1) is 31.0. The van der Waals surface area contributed by atoms with E-state index in [0.717, 1.165) is 56.4 Å². The predicted molar refractivity (Wildman–Crippen MR) is 259 cm³/mol. The Labute approximate surface area is 388 Å². The van der Waals surface area contributed by atoms with Crippen molar-refractivity contribution in [3.05, 3.63) is 60.2 Å². The van der Waals surface area contributed by atoms with Crippen LogP contribution in [0.15, 0.2) is 53.8 Å². The molecule has 1 aliphatic carbocycles. The predicted octanol–water partition coefficient (Wildman–Crippen LogP) is 6.86. The fraction of sp³-hybridized carbons (Fsp3) is 0.500. The number of rotatable bonds is 19. The van der Waals surface area contributed by atoms with E-state index >= 15 is 0 Å². The molecule has 4 N–H and O–H groups in total. The second-order valence-electron chi connectivity index (χ2n) is 16.9. The second kappa shape index (κ2) is 25.4. The van der Waals surface area contributed by atoms with Gasteiger partial charge in [0, 0.05) is 36.5 Å². The lowest BCUT2D eigenvalue weighted by molar-refractivity contribution is -0.137. The molecule has 1 aliphatic rings. The Hall–Kier alpha value is -6.12. The number of hydrogen-bond donors (Lipinski definition) is 4. The average Bonchev–Trinajstić information content (AvgIpc) is 3.68. The summed E-state index contributed by atoms with van der Waals surface area (Å²) in [6.07, 6.45) is 12.7. The Morgan fingerprint density at radius 1 is 0.877 bits per heavy atom. The first-order valence-corrected chi connectivity index (χ1v) is 22.5. The summed E-state index contributed by atoms with van der Waals surface area (Å²) < 4.78 is 18.0. The van der Waals surface area contributed by atoms with Crippen LogP contribution in [-0.4, -0.2) is 118 Å². The van der Waals surface area contributed by atoms with Gasteiger partial charge in [0.15, 0.2) is 0 Å². The molecule has 352 valence electrons. The van der Waals surface area contributed by atoms with Crippen molar-refractivity contribution >= 4 is 59.1 Å². The quantitative estimate of drug-likeness (QED) is 0.0436. The standard InChI is InChI=1S/C44H62N10O4S.C2H4O2.C2H2/c1-24(2)29(9)53(42(55)37(46-11)25(3)4)20-19-47-21-35(45-10)33-18-17-32(39-40(33)52-59-51-39)30-13-15-31(16-14-30)34-22-48-36(49-34)23-54(41-27(7)28(41)8)43(56)38(26(5)6)50-44(57)58-12;1-4-2-3;1-2/h13-19,21-22,24-29,37-38,41,45-46H,20,23H2,1-12H3,(H,48,49)(H,50,57);2H,1H3;1-2H/b35-21-,47-19?;;/t27-,28?,29-,37?,38?,41?;;/m1../s1. The monoisotopic (exact) mass is 913 g/mol. The van der Waals surface area contributed by atoms with Crippen LogP contribution in [0.4, 0.5) is 4.79 Å². The second-order valence-corrected chi connectivity index (χ2v) is 17.4. The minimum Gasteiger partial charge on any atom is -0.471 e. The summed E-state index contributed by atoms with van der Waals surface area (Å²) in [5.74, 6) is 1.60. The van der Waals surface area contributed by atoms with Crippen LogP contribution in [0.5, 0.6) is 0 Å². The van der Waals surface area contributed by atoms with Crippen molar-refractivity contribution in [1.29, 1.82) is 0 Å². The number of alkyl carbamates (subject to hydrolysis) is 1. The number of aromatic nitrogens is 4. The minimum atomic E-state index is -0.716. The zero-order valence-electron chi connectivity index (χ0n) is 40.1. The molecular formula is C48H68N10O6S. The summed E-state index contributed by atoms with van der Waals surface area (Å²) >= 11 is 1.16. The zero-order valence-corrected chi connectivity index (χ0v) is 40.9. The Bertz CT molecular complexity index is 2240. The largest absolute Gasteiger partial charge is 0.471 e. The van der Waals surface area contributed by atoms with Crippen molar-refractivity contribution in [2.45, 2.75) is 93.0 Å². The highest BCUT2D eigenvalue weighted by Gasteiger charge is 2.50. The lowest BCUT2D eigenvalue weighted by atomic mass is 9.99. The summed E-state index contributed by atoms with van der Waals surface area (Å²) in [6.45, 7) is 19.6. The van der Waals surface area contributed by atoms with Crippen molar-refractivity contribution in [2.24, 2.45) is 34.6 Å². The third kappa shape index (κ3) is 13.5. The van der Waals surface area contributed by atoms with E-state index in [-0.39, 0.29) is 41.8 Å². The lowest BCUT2D eigenvalue weighted by Gasteiger charge is -2.34. The number of H-pyrrole nitrogens is 1. The van der Waals surface area contributed by atoms with Gasteiger partial charge >= 0.3 is 6.09 Å². The number of carbonyl (C=O) groups is 4. The lowest BCUT2D eigenvalue weighted by Crippen LogP contribution is -2.52. The molecule has 3 amide bonds. The van der Waals surface area contributed by atoms with E-state index in [0.29, 0.717) is 43.1 Å². The number of benzene rings is 2. The molecule has 16 nitrogen and oxygen atoms in total. The van der Waals surface area contributed by atoms with Crippen LogP contribution in [0, 0.1) is 42.4 Å². The molecule has 0 bridgehead atoms. The van der Waals surface area contributed by atoms with Gasteiger partial charge in [0.1, 0.15) is 22.9 Å². The van der Waals surface area contributed by atoms with Crippen LogP contribution in [0.2, 0.25) is 0 Å². The minimum absolute atomic E-state index is 0.0469. The van der Waals surface area contributed by atoms with Gasteiger partial charge < -0.3 is 40.2 Å². The Balaban J connectivity index is 0.00000177. The molecule has 2 heterocycles. The summed E-state index contributed by atoms with van der Waals surface area (Å²) in [5, 5.41) is 9.19. The van der Waals surface area contributed by atoms with Gasteiger partial charge in [-0.1, -0.05) is 85.7 Å². The summed E-state index contributed by atoms with van der Waals surface area (Å²) in [5.41, 5.74) is 6.94. The van der Waals surface area contributed by atoms with Gasteiger partial charge in [-0.25, -0.2) is 9.78 Å². The molecule has 0 aliphatic heterocycles. The molecule has 1 saturated carbocycles. The maximum atomic E-state index is 13.9. The van der Waals surface area contributed by atoms with Gasteiger partial charge in [-0.3, -0.25) is 19.4 Å². The van der Waals surface area contributed by atoms with Gasteiger partial charge in [-0.05, 0) is 60.8 Å². The van der Waals surface area contributed by atoms with E-state index in [1.807, 2.05) is 69.8 Å². The maximum Gasteiger partial charge on any atom is 0.407 e. The number of amides is 3. The van der Waals surface area contributed by atoms with Crippen molar-refractivity contribution in [3.63, 3.8) is 0 Å². The van der Waals surface area contributed by atoms with E-state index in [9.17, 15) is 14.4 Å². The van der Waals surface area contributed by atoms with Gasteiger partial charge in [0.05, 0.1) is 68.9 Å². The molecular weight excluding hydrogens is 845 g/mol. The van der Waals surface area contributed by atoms with Crippen molar-refractivity contribution < 1.29 is 28.7 Å². The van der Waals surface area contributed by atoms with E-state index in [4.69, 9.17) is 13.9 Å². The molecule has 0 radical (unpaired) electrons. The van der Waals surface area contributed by atoms with Gasteiger partial charge in [-0.2, -0.15) is 8.75 Å². The molecule has 2 aromatic heterocycles. The number of methoxy groups -OCH3 is 2. The normalized spacial score (nSPS) is 17.0. The Morgan fingerprint density at radius 2 is 1.48 bits per heavy atom. The highest BCUT2D eigenvalue weighted by molar-refractivity contribution is 7.00. The molecule has 65 heavy (non-hydrogen) atoms. The molecule has 2 aromatic carbocycles. The van der Waals surface area contributed by atoms with E-state index in [1.54, 1.807) is 18.6 Å². The average molecular weight is 913 g/mol. The first-order valence-electron chi connectivity index (χ1n) is 21.8. The van der Waals surface area contributed by atoms with E-state index < -0.39 is 12.1 Å². The number of aromatic amines is 1. The molecule has 5 rings (SSSR count). The molecule has 0 spiro atoms. The molecule has 0 saturated heterocycles. The number of imidazole rings is 1. The summed E-state index contributed by atoms with van der Waals surface area (Å²) in [7, 11) is 6.29. The van der Waals surface area contributed by atoms with Crippen molar-refractivity contribution in [1.82, 2.24) is 44.5 Å². The van der Waals surface area contributed by atoms with Gasteiger partial charge in [0.2, 0.25) is 11.8 Å². The molecule has 4 aromatic rings. The zero-order chi connectivity index (χ0) is 48.5. The number of carbonyl (C=O) groups excluding carboxylic acids is 4. The third-order valence-corrected chi connectivity index (χ3v) is 12.4. The van der Waals surface area contributed by atoms with Crippen LogP contribution in [0.25, 0.3) is 39.1 Å². The number of hydrogen-bond acceptors (Lipinski definition) is 13. The van der Waals surface area contributed by atoms with E-state index in [1.165, 1.54) is 14.2 Å². The SMILES string of the molecule is C#C.CN/C(=C\N=CCN(C(=O)C(NC)C(C)C)[C@H](C)C(C)C)c1ccc(-c2ccc(-c3cnc(CN(C(=O)C(NC(=O)OC)C(C)C)C4C(C)[C@H]4C)[nH]3)cc2)c2nsnc12.COC=O. The Morgan fingerprint density at radius 3 is 2.00 bits per heavy atom. The topological polar surface area (TPSA) is 196 Å². The van der Waals surface area contributed by atoms with Crippen LogP contribution in [0.3, 0.4) is 0 Å². The van der Waals surface area contributed by atoms with Crippen molar-refractivity contribution in [3.8, 4) is 35.2 Å². The van der Waals surface area contributed by atoms with Crippen LogP contribution in [0.1, 0.15) is 73.7 Å². The highest BCUT2D eigenvalue weighted by Crippen LogP contribution is 2.43. The fourth-order valence-electron chi connectivity index (χ4n) is 7.58. The summed E-state index contributed by atoms with van der Waals surface area (Å²) in [4.78, 5) is 64.9. The number of nitrogens with one attached hydrogen (secondary N) is 4. The number of likely N-dealkylation sites (N-methyl/N-ethyl adjacent to an activating group) is 1. The number of terminal acetylenes is 1. The number of fused-ring (bicyclic) bond motifs is 1. The van der Waals surface area contributed by atoms with Gasteiger partial charge in [-0.15, -0.1) is 12.8 Å². The Kier molecular flexibility index (Phi) is 20.8. The molecule has 1 fully saturated rings. The maximum absolute atomic E-state index is 13.9. The summed E-state index contributed by atoms with van der Waals surface area (Å²) in [6, 6.07) is 11.4. The molecule has 17 heteroatoms. The van der Waals surface area contributed by atoms with Crippen LogP contribution < -0.4 is 16.0 Å². The van der Waals surface area contributed by atoms with Crippen LogP contribution in [-0.2, 0) is 30.4 Å². The van der Waals surface area contributed by atoms with Crippen molar-refractivity contribution in [2.75, 3.05) is 34.9 Å². The van der Waals surface area contributed by atoms with Crippen LogP contribution >= 0.6 is 11.7 Å². The fourth-order valence-corrected chi connectivity index (χ4v) is 8.15. The number of nitrogens with zero attached hydrogens (tertiary/aromatic N) is 6. The van der Waals surface area contributed by atoms with Gasteiger partial charge in [0.25, 0.3) is 6.47 Å². The first kappa shape index (κ1) is 53.2. The smallest absolute Gasteiger partial charge is 0.407 e. The molecule has 6 atom stereocenters. The third-order valence-electron chi connectivity index (χ3n) is 11.9. The molecule has 4 unspecified atom stereocenters. The van der Waals surface area contributed by atoms with E-state index in [2.05, 4.69) is 106 Å². The number of aliphatic imine (C=N–C) groups is 1. The highest BCUT2D eigenvalue weighted by atomic mass is 32.1.